The van der Waals surface area contributed by atoms with Gasteiger partial charge >= 0.3 is 5.97 Å². The van der Waals surface area contributed by atoms with Crippen molar-refractivity contribution >= 4 is 18.2 Å². The fourth-order valence-electron chi connectivity index (χ4n) is 1.88. The summed E-state index contributed by atoms with van der Waals surface area (Å²) in [6, 6.07) is 0. The molecule has 0 radical (unpaired) electrons. The number of hydrogen-bond acceptors (Lipinski definition) is 4. The van der Waals surface area contributed by atoms with E-state index in [-0.39, 0.29) is 5.69 Å². The van der Waals surface area contributed by atoms with Gasteiger partial charge in [0, 0.05) is 31.7 Å². The van der Waals surface area contributed by atoms with Crippen LogP contribution in [0.2, 0.25) is 0 Å². The molecule has 0 aromatic carbocycles. The lowest BCUT2D eigenvalue weighted by molar-refractivity contribution is 0.0382. The second-order valence-electron chi connectivity index (χ2n) is 3.94. The van der Waals surface area contributed by atoms with E-state index < -0.39 is 5.97 Å². The number of aromatic nitrogens is 2. The Morgan fingerprint density at radius 3 is 2.76 bits per heavy atom. The fraction of sp³-hybridized carbons (Fsp3) is 0.600. The zero-order valence-corrected chi connectivity index (χ0v) is 10.2. The molecule has 94 valence electrons. The lowest BCUT2D eigenvalue weighted by atomic mass is 10.2. The van der Waals surface area contributed by atoms with Gasteiger partial charge in [0.25, 0.3) is 0 Å². The number of carboxylic acids is 1. The maximum atomic E-state index is 11.0. The summed E-state index contributed by atoms with van der Waals surface area (Å²) in [5, 5.41) is 8.98. The Morgan fingerprint density at radius 2 is 2.12 bits per heavy atom. The molecule has 1 aromatic heterocycles. The van der Waals surface area contributed by atoms with E-state index in [1.807, 2.05) is 0 Å². The number of carbonyl (C=O) groups is 1. The Kier molecular flexibility index (Phi) is 3.93. The Hall–Kier alpha value is -1.18. The first-order chi connectivity index (χ1) is 8.16. The molecule has 0 aliphatic carbocycles. The number of imidazole rings is 1. The van der Waals surface area contributed by atoms with Gasteiger partial charge in [-0.15, -0.1) is 0 Å². The lowest BCUT2D eigenvalue weighted by Crippen LogP contribution is -2.37. The lowest BCUT2D eigenvalue weighted by Gasteiger charge is -2.26. The van der Waals surface area contributed by atoms with E-state index in [4.69, 9.17) is 22.1 Å². The topological polar surface area (TPSA) is 81.3 Å². The van der Waals surface area contributed by atoms with Crippen LogP contribution < -0.4 is 0 Å². The minimum atomic E-state index is -0.977. The summed E-state index contributed by atoms with van der Waals surface area (Å²) in [6.07, 6.45) is 0.648. The van der Waals surface area contributed by atoms with Crippen LogP contribution in [0.3, 0.4) is 0 Å². The number of nitrogens with zero attached hydrogens (tertiary/aromatic N) is 1. The first-order valence-corrected chi connectivity index (χ1v) is 5.92. The van der Waals surface area contributed by atoms with Crippen molar-refractivity contribution in [3.8, 4) is 0 Å². The van der Waals surface area contributed by atoms with Crippen LogP contribution in [0.1, 0.15) is 16.2 Å². The highest BCUT2D eigenvalue weighted by Crippen LogP contribution is 2.07. The van der Waals surface area contributed by atoms with E-state index in [2.05, 4.69) is 14.9 Å². The number of H-pyrrole nitrogens is 2. The highest BCUT2D eigenvalue weighted by molar-refractivity contribution is 7.71. The molecule has 1 saturated heterocycles. The highest BCUT2D eigenvalue weighted by atomic mass is 32.1. The summed E-state index contributed by atoms with van der Waals surface area (Å²) in [6.45, 7) is 4.09. The van der Waals surface area contributed by atoms with E-state index in [1.165, 1.54) is 0 Å². The summed E-state index contributed by atoms with van der Waals surface area (Å²) in [7, 11) is 0. The Morgan fingerprint density at radius 1 is 1.41 bits per heavy atom. The molecule has 0 bridgehead atoms. The number of ether oxygens (including phenoxy) is 1. The largest absolute Gasteiger partial charge is 0.477 e. The number of aromatic amines is 2. The number of hydrogen-bond donors (Lipinski definition) is 3. The van der Waals surface area contributed by atoms with Crippen molar-refractivity contribution in [2.75, 3.05) is 32.8 Å². The van der Waals surface area contributed by atoms with Crippen LogP contribution in [0.25, 0.3) is 0 Å². The predicted octanol–water partition coefficient (Wildman–Crippen LogP) is 0.645. The first-order valence-electron chi connectivity index (χ1n) is 5.51. The zero-order valence-electron chi connectivity index (χ0n) is 9.36. The molecule has 0 atom stereocenters. The molecule has 0 spiro atoms. The molecule has 0 saturated carbocycles. The molecular formula is C10H15N3O3S. The van der Waals surface area contributed by atoms with Crippen molar-refractivity contribution in [3.05, 3.63) is 16.2 Å². The maximum Gasteiger partial charge on any atom is 0.354 e. The van der Waals surface area contributed by atoms with Crippen LogP contribution >= 0.6 is 12.2 Å². The van der Waals surface area contributed by atoms with Gasteiger partial charge in [0.15, 0.2) is 4.77 Å². The van der Waals surface area contributed by atoms with Gasteiger partial charge in [-0.3, -0.25) is 4.90 Å². The maximum absolute atomic E-state index is 11.0. The third kappa shape index (κ3) is 3.15. The summed E-state index contributed by atoms with van der Waals surface area (Å²) < 4.78 is 5.61. The Balaban J connectivity index is 1.98. The standard InChI is InChI=1S/C10H15N3O3S/c14-9(15)8-7(11-10(17)12-8)1-2-13-3-5-16-6-4-13/h1-6H2,(H,14,15)(H2,11,12,17). The van der Waals surface area contributed by atoms with Gasteiger partial charge in [-0.05, 0) is 12.2 Å². The van der Waals surface area contributed by atoms with Gasteiger partial charge in [0.05, 0.1) is 13.2 Å². The normalized spacial score (nSPS) is 17.2. The molecule has 1 aromatic rings. The summed E-state index contributed by atoms with van der Waals surface area (Å²) in [4.78, 5) is 18.7. The smallest absolute Gasteiger partial charge is 0.354 e. The van der Waals surface area contributed by atoms with Gasteiger partial charge in [-0.25, -0.2) is 4.79 Å². The van der Waals surface area contributed by atoms with Crippen molar-refractivity contribution in [2.45, 2.75) is 6.42 Å². The monoisotopic (exact) mass is 257 g/mol. The molecule has 6 nitrogen and oxygen atoms in total. The summed E-state index contributed by atoms with van der Waals surface area (Å²) in [5.74, 6) is -0.977. The van der Waals surface area contributed by atoms with Crippen molar-refractivity contribution in [2.24, 2.45) is 0 Å². The van der Waals surface area contributed by atoms with Gasteiger partial charge in [0.2, 0.25) is 0 Å². The molecule has 1 aliphatic heterocycles. The summed E-state index contributed by atoms with van der Waals surface area (Å²) >= 11 is 4.90. The van der Waals surface area contributed by atoms with Crippen LogP contribution in [0.15, 0.2) is 0 Å². The molecule has 2 heterocycles. The van der Waals surface area contributed by atoms with E-state index in [9.17, 15) is 4.79 Å². The average Bonchev–Trinajstić information content (AvgIpc) is 2.69. The van der Waals surface area contributed by atoms with Gasteiger partial charge in [0.1, 0.15) is 5.69 Å². The molecule has 2 rings (SSSR count). The van der Waals surface area contributed by atoms with Crippen molar-refractivity contribution in [1.82, 2.24) is 14.9 Å². The van der Waals surface area contributed by atoms with Crippen molar-refractivity contribution in [1.29, 1.82) is 0 Å². The third-order valence-electron chi connectivity index (χ3n) is 2.80. The van der Waals surface area contributed by atoms with Crippen molar-refractivity contribution < 1.29 is 14.6 Å². The van der Waals surface area contributed by atoms with E-state index in [0.717, 1.165) is 32.8 Å². The molecule has 0 amide bonds. The zero-order chi connectivity index (χ0) is 12.3. The second-order valence-corrected chi connectivity index (χ2v) is 4.35. The Labute approximate surface area is 104 Å². The molecule has 3 N–H and O–H groups in total. The van der Waals surface area contributed by atoms with Gasteiger partial charge in [-0.2, -0.15) is 0 Å². The van der Waals surface area contributed by atoms with Gasteiger partial charge in [-0.1, -0.05) is 0 Å². The molecule has 17 heavy (non-hydrogen) atoms. The van der Waals surface area contributed by atoms with Gasteiger partial charge < -0.3 is 19.8 Å². The van der Waals surface area contributed by atoms with Crippen LogP contribution in [0.4, 0.5) is 0 Å². The second kappa shape index (κ2) is 5.44. The SMILES string of the molecule is O=C(O)c1[nH]c(=S)[nH]c1CCN1CCOCC1. The van der Waals surface area contributed by atoms with Crippen LogP contribution in [-0.4, -0.2) is 58.8 Å². The van der Waals surface area contributed by atoms with E-state index in [0.29, 0.717) is 16.9 Å². The first kappa shape index (κ1) is 12.3. The summed E-state index contributed by atoms with van der Waals surface area (Å²) in [5.41, 5.74) is 0.831. The molecule has 1 aliphatic rings. The van der Waals surface area contributed by atoms with Crippen LogP contribution in [-0.2, 0) is 11.2 Å². The molecular weight excluding hydrogens is 242 g/mol. The van der Waals surface area contributed by atoms with Crippen molar-refractivity contribution in [3.63, 3.8) is 0 Å². The average molecular weight is 257 g/mol. The third-order valence-corrected chi connectivity index (χ3v) is 3.00. The molecule has 7 heteroatoms. The van der Waals surface area contributed by atoms with Crippen LogP contribution in [0.5, 0.6) is 0 Å². The van der Waals surface area contributed by atoms with E-state index >= 15 is 0 Å². The number of rotatable bonds is 4. The number of morpholine rings is 1. The number of nitrogens with one attached hydrogen (secondary N) is 2. The predicted molar refractivity (Wildman–Crippen MR) is 63.9 cm³/mol. The Bertz CT molecular complexity index is 448. The van der Waals surface area contributed by atoms with E-state index in [1.54, 1.807) is 0 Å². The fourth-order valence-corrected chi connectivity index (χ4v) is 2.11. The minimum Gasteiger partial charge on any atom is -0.477 e. The minimum absolute atomic E-state index is 0.170. The highest BCUT2D eigenvalue weighted by Gasteiger charge is 2.15. The number of aromatic carboxylic acids is 1. The quantitative estimate of drug-likeness (QED) is 0.690. The van der Waals surface area contributed by atoms with Crippen LogP contribution in [0, 0.1) is 4.77 Å². The molecule has 1 fully saturated rings. The molecule has 0 unspecified atom stereocenters. The number of carboxylic acid groups (broad SMARTS) is 1.